The summed E-state index contributed by atoms with van der Waals surface area (Å²) < 4.78 is 0. The van der Waals surface area contributed by atoms with Gasteiger partial charge in [0.05, 0.1) is 6.54 Å². The van der Waals surface area contributed by atoms with Gasteiger partial charge in [-0.05, 0) is 33.5 Å². The van der Waals surface area contributed by atoms with Gasteiger partial charge in [0.2, 0.25) is 0 Å². The van der Waals surface area contributed by atoms with Gasteiger partial charge in [0.15, 0.2) is 5.96 Å². The lowest BCUT2D eigenvalue weighted by Gasteiger charge is -2.37. The lowest BCUT2D eigenvalue weighted by Crippen LogP contribution is -2.51. The molecule has 134 valence electrons. The first-order chi connectivity index (χ1) is 11.5. The quantitative estimate of drug-likeness (QED) is 0.657. The van der Waals surface area contributed by atoms with Gasteiger partial charge in [-0.1, -0.05) is 29.8 Å². The van der Waals surface area contributed by atoms with Crippen LogP contribution in [0.5, 0.6) is 0 Å². The molecule has 1 N–H and O–H groups in total. The predicted octanol–water partition coefficient (Wildman–Crippen LogP) is 1.64. The van der Waals surface area contributed by atoms with Crippen LogP contribution < -0.4 is 5.32 Å². The number of hydrogen-bond acceptors (Lipinski definition) is 3. The first kappa shape index (κ1) is 18.7. The second kappa shape index (κ2) is 9.04. The molecule has 1 aromatic rings. The van der Waals surface area contributed by atoms with E-state index in [0.717, 1.165) is 45.2 Å². The van der Waals surface area contributed by atoms with Crippen molar-refractivity contribution in [1.82, 2.24) is 20.0 Å². The summed E-state index contributed by atoms with van der Waals surface area (Å²) in [5, 5.41) is 3.42. The molecule has 24 heavy (non-hydrogen) atoms. The zero-order valence-electron chi connectivity index (χ0n) is 15.9. The predicted molar refractivity (Wildman–Crippen MR) is 103 cm³/mol. The van der Waals surface area contributed by atoms with Gasteiger partial charge < -0.3 is 15.1 Å². The molecule has 1 aromatic carbocycles. The largest absolute Gasteiger partial charge is 0.357 e. The van der Waals surface area contributed by atoms with Crippen LogP contribution in [0, 0.1) is 6.92 Å². The van der Waals surface area contributed by atoms with Crippen molar-refractivity contribution in [2.75, 3.05) is 53.9 Å². The molecule has 0 aliphatic carbocycles. The molecule has 5 heteroatoms. The number of guanidine groups is 1. The first-order valence-electron chi connectivity index (χ1n) is 8.93. The van der Waals surface area contributed by atoms with Crippen molar-refractivity contribution in [3.63, 3.8) is 0 Å². The monoisotopic (exact) mass is 331 g/mol. The number of aliphatic imine (C=N–C) groups is 1. The average molecular weight is 332 g/mol. The highest BCUT2D eigenvalue weighted by atomic mass is 15.3. The number of likely N-dealkylation sites (N-methyl/N-ethyl adjacent to an activating group) is 2. The zero-order chi connectivity index (χ0) is 17.5. The topological polar surface area (TPSA) is 34.1 Å². The Morgan fingerprint density at radius 1 is 1.25 bits per heavy atom. The number of piperazine rings is 1. The minimum Gasteiger partial charge on any atom is -0.357 e. The second-order valence-electron chi connectivity index (χ2n) is 6.93. The maximum absolute atomic E-state index is 4.90. The molecule has 0 spiro atoms. The molecule has 0 radical (unpaired) electrons. The van der Waals surface area contributed by atoms with Crippen LogP contribution in [0.25, 0.3) is 0 Å². The van der Waals surface area contributed by atoms with E-state index in [1.165, 1.54) is 11.1 Å². The Labute approximate surface area is 147 Å². The van der Waals surface area contributed by atoms with Crippen LogP contribution >= 0.6 is 0 Å². The minimum atomic E-state index is 0.491. The third-order valence-corrected chi connectivity index (χ3v) is 4.67. The van der Waals surface area contributed by atoms with E-state index in [4.69, 9.17) is 4.99 Å². The number of aryl methyl sites for hydroxylation is 1. The van der Waals surface area contributed by atoms with Crippen molar-refractivity contribution in [1.29, 1.82) is 0 Å². The van der Waals surface area contributed by atoms with E-state index in [1.807, 2.05) is 0 Å². The van der Waals surface area contributed by atoms with Crippen molar-refractivity contribution in [3.05, 3.63) is 35.4 Å². The van der Waals surface area contributed by atoms with Crippen LogP contribution in [0.2, 0.25) is 0 Å². The molecule has 0 aromatic heterocycles. The van der Waals surface area contributed by atoms with Crippen LogP contribution in [0.1, 0.15) is 18.1 Å². The fourth-order valence-corrected chi connectivity index (χ4v) is 3.00. The van der Waals surface area contributed by atoms with Gasteiger partial charge in [-0.25, -0.2) is 0 Å². The maximum Gasteiger partial charge on any atom is 0.194 e. The normalized spacial score (nSPS) is 20.2. The van der Waals surface area contributed by atoms with Gasteiger partial charge in [0.1, 0.15) is 0 Å². The third-order valence-electron chi connectivity index (χ3n) is 4.67. The van der Waals surface area contributed by atoms with E-state index in [-0.39, 0.29) is 0 Å². The summed E-state index contributed by atoms with van der Waals surface area (Å²) in [4.78, 5) is 11.9. The van der Waals surface area contributed by atoms with E-state index in [2.05, 4.69) is 79.3 Å². The Bertz CT molecular complexity index is 525. The summed E-state index contributed by atoms with van der Waals surface area (Å²) in [6.07, 6.45) is 0. The molecule has 0 bridgehead atoms. The van der Waals surface area contributed by atoms with Gasteiger partial charge in [-0.2, -0.15) is 0 Å². The fourth-order valence-electron chi connectivity index (χ4n) is 3.00. The lowest BCUT2D eigenvalue weighted by molar-refractivity contribution is 0.119. The van der Waals surface area contributed by atoms with E-state index in [1.54, 1.807) is 0 Å². The van der Waals surface area contributed by atoms with Gasteiger partial charge in [0.25, 0.3) is 0 Å². The summed E-state index contributed by atoms with van der Waals surface area (Å²) in [5.41, 5.74) is 2.61. The summed E-state index contributed by atoms with van der Waals surface area (Å²) in [6, 6.07) is 9.21. The Morgan fingerprint density at radius 2 is 1.96 bits per heavy atom. The highest BCUT2D eigenvalue weighted by Crippen LogP contribution is 2.08. The molecule has 5 nitrogen and oxygen atoms in total. The highest BCUT2D eigenvalue weighted by molar-refractivity contribution is 5.79. The van der Waals surface area contributed by atoms with Crippen molar-refractivity contribution < 1.29 is 0 Å². The molecule has 2 rings (SSSR count). The van der Waals surface area contributed by atoms with E-state index in [0.29, 0.717) is 6.04 Å². The SMILES string of the molecule is CCNC(=NCC1CN(C)CCN1C)N(C)Cc1ccc(C)cc1. The molecule has 1 heterocycles. The molecule has 1 aliphatic heterocycles. The Morgan fingerprint density at radius 3 is 2.62 bits per heavy atom. The molecule has 1 saturated heterocycles. The van der Waals surface area contributed by atoms with Crippen molar-refractivity contribution in [2.45, 2.75) is 26.4 Å². The lowest BCUT2D eigenvalue weighted by atomic mass is 10.1. The summed E-state index contributed by atoms with van der Waals surface area (Å²) >= 11 is 0. The van der Waals surface area contributed by atoms with Gasteiger partial charge in [-0.15, -0.1) is 0 Å². The molecular weight excluding hydrogens is 298 g/mol. The Kier molecular flexibility index (Phi) is 7.06. The number of benzene rings is 1. The van der Waals surface area contributed by atoms with Crippen LogP contribution in [0.3, 0.4) is 0 Å². The first-order valence-corrected chi connectivity index (χ1v) is 8.93. The van der Waals surface area contributed by atoms with Gasteiger partial charge in [0, 0.05) is 45.8 Å². The Hall–Kier alpha value is -1.59. The Balaban J connectivity index is 1.99. The second-order valence-corrected chi connectivity index (χ2v) is 6.93. The van der Waals surface area contributed by atoms with Crippen LogP contribution in [-0.2, 0) is 6.54 Å². The summed E-state index contributed by atoms with van der Waals surface area (Å²) in [6.45, 7) is 10.2. The van der Waals surface area contributed by atoms with Crippen molar-refractivity contribution in [3.8, 4) is 0 Å². The van der Waals surface area contributed by atoms with Crippen LogP contribution in [0.4, 0.5) is 0 Å². The number of hydrogen-bond donors (Lipinski definition) is 1. The third kappa shape index (κ3) is 5.49. The summed E-state index contributed by atoms with van der Waals surface area (Å²) in [7, 11) is 6.51. The van der Waals surface area contributed by atoms with Gasteiger partial charge in [-0.3, -0.25) is 9.89 Å². The molecule has 1 fully saturated rings. The molecular formula is C19H33N5. The number of rotatable bonds is 5. The fraction of sp³-hybridized carbons (Fsp3) is 0.632. The average Bonchev–Trinajstić information content (AvgIpc) is 2.56. The molecule has 0 saturated carbocycles. The zero-order valence-corrected chi connectivity index (χ0v) is 15.9. The minimum absolute atomic E-state index is 0.491. The molecule has 1 aliphatic rings. The number of nitrogens with one attached hydrogen (secondary N) is 1. The smallest absolute Gasteiger partial charge is 0.194 e. The highest BCUT2D eigenvalue weighted by Gasteiger charge is 2.22. The molecule has 0 amide bonds. The maximum atomic E-state index is 4.90. The van der Waals surface area contributed by atoms with E-state index in [9.17, 15) is 0 Å². The van der Waals surface area contributed by atoms with Crippen molar-refractivity contribution >= 4 is 5.96 Å². The van der Waals surface area contributed by atoms with E-state index < -0.39 is 0 Å². The molecule has 1 unspecified atom stereocenters. The molecule has 1 atom stereocenters. The van der Waals surface area contributed by atoms with Crippen LogP contribution in [-0.4, -0.2) is 80.6 Å². The van der Waals surface area contributed by atoms with Gasteiger partial charge >= 0.3 is 0 Å². The van der Waals surface area contributed by atoms with E-state index >= 15 is 0 Å². The standard InChI is InChI=1S/C19H33N5/c1-6-20-19(21-13-18-15-22(3)11-12-23(18)4)24(5)14-17-9-7-16(2)8-10-17/h7-10,18H,6,11-15H2,1-5H3,(H,20,21). The van der Waals surface area contributed by atoms with Crippen molar-refractivity contribution in [2.24, 2.45) is 4.99 Å². The van der Waals surface area contributed by atoms with Crippen LogP contribution in [0.15, 0.2) is 29.3 Å². The number of nitrogens with zero attached hydrogens (tertiary/aromatic N) is 4. The summed E-state index contributed by atoms with van der Waals surface area (Å²) in [5.74, 6) is 0.986.